The first-order chi connectivity index (χ1) is 7.27. The average molecular weight is 201 g/mol. The van der Waals surface area contributed by atoms with E-state index in [4.69, 9.17) is 11.1 Å². The van der Waals surface area contributed by atoms with Crippen LogP contribution in [-0.2, 0) is 6.54 Å². The van der Waals surface area contributed by atoms with Crippen LogP contribution >= 0.6 is 0 Å². The fourth-order valence-corrected chi connectivity index (χ4v) is 1.41. The lowest BCUT2D eigenvalue weighted by Crippen LogP contribution is -2.15. The molecule has 0 fully saturated rings. The topological polar surface area (TPSA) is 80.6 Å². The van der Waals surface area contributed by atoms with Crippen molar-refractivity contribution in [3.8, 4) is 0 Å². The third-order valence-corrected chi connectivity index (χ3v) is 2.11. The van der Waals surface area contributed by atoms with Crippen LogP contribution in [0.3, 0.4) is 0 Å². The number of nitrogens with zero attached hydrogens (tertiary/aromatic N) is 3. The van der Waals surface area contributed by atoms with Gasteiger partial charge >= 0.3 is 0 Å². The minimum Gasteiger partial charge on any atom is -0.384 e. The molecule has 0 bridgehead atoms. The van der Waals surface area contributed by atoms with Crippen LogP contribution < -0.4 is 5.73 Å². The predicted octanol–water partition coefficient (Wildman–Crippen LogP) is 0.610. The molecule has 0 saturated heterocycles. The Morgan fingerprint density at radius 3 is 2.87 bits per heavy atom. The number of benzene rings is 1. The Labute approximate surface area is 87.1 Å². The van der Waals surface area contributed by atoms with Crippen molar-refractivity contribution in [3.63, 3.8) is 0 Å². The van der Waals surface area contributed by atoms with Crippen molar-refractivity contribution in [2.24, 2.45) is 5.73 Å². The summed E-state index contributed by atoms with van der Waals surface area (Å²) >= 11 is 0. The summed E-state index contributed by atoms with van der Waals surface area (Å²) in [6, 6.07) is 7.54. The van der Waals surface area contributed by atoms with E-state index in [0.717, 1.165) is 11.1 Å². The second-order valence-corrected chi connectivity index (χ2v) is 3.16. The van der Waals surface area contributed by atoms with E-state index in [1.54, 1.807) is 11.0 Å². The Hall–Kier alpha value is -2.17. The average Bonchev–Trinajstić information content (AvgIpc) is 2.71. The summed E-state index contributed by atoms with van der Waals surface area (Å²) in [5.74, 6) is 0.0747. The Bertz CT molecular complexity index is 460. The van der Waals surface area contributed by atoms with Gasteiger partial charge in [0.1, 0.15) is 18.5 Å². The molecular weight excluding hydrogens is 190 g/mol. The lowest BCUT2D eigenvalue weighted by molar-refractivity contribution is 0.684. The standard InChI is InChI=1S/C10H11N5/c11-10(12)9-4-2-1-3-8(9)5-15-7-13-6-14-15/h1-4,6-7H,5H2,(H3,11,12). The zero-order chi connectivity index (χ0) is 10.7. The number of nitrogen functional groups attached to an aromatic ring is 1. The van der Waals surface area contributed by atoms with Gasteiger partial charge in [-0.05, 0) is 5.56 Å². The summed E-state index contributed by atoms with van der Waals surface area (Å²) in [4.78, 5) is 3.86. The first kappa shape index (κ1) is 9.39. The van der Waals surface area contributed by atoms with Crippen molar-refractivity contribution < 1.29 is 0 Å². The number of rotatable bonds is 3. The molecule has 0 amide bonds. The number of hydrogen-bond acceptors (Lipinski definition) is 3. The molecule has 0 aliphatic carbocycles. The second kappa shape index (κ2) is 3.91. The maximum atomic E-state index is 7.44. The Balaban J connectivity index is 2.32. The molecule has 1 aromatic carbocycles. The van der Waals surface area contributed by atoms with Crippen molar-refractivity contribution in [1.82, 2.24) is 14.8 Å². The van der Waals surface area contributed by atoms with Gasteiger partial charge in [0, 0.05) is 5.56 Å². The summed E-state index contributed by atoms with van der Waals surface area (Å²) in [5.41, 5.74) is 7.19. The fraction of sp³-hybridized carbons (Fsp3) is 0.100. The van der Waals surface area contributed by atoms with Gasteiger partial charge < -0.3 is 5.73 Å². The quantitative estimate of drug-likeness (QED) is 0.564. The van der Waals surface area contributed by atoms with Gasteiger partial charge in [0.25, 0.3) is 0 Å². The number of nitrogens with one attached hydrogen (secondary N) is 1. The summed E-state index contributed by atoms with van der Waals surface area (Å²) in [7, 11) is 0. The van der Waals surface area contributed by atoms with Crippen molar-refractivity contribution in [2.45, 2.75) is 6.54 Å². The Morgan fingerprint density at radius 2 is 2.20 bits per heavy atom. The smallest absolute Gasteiger partial charge is 0.137 e. The lowest BCUT2D eigenvalue weighted by Gasteiger charge is -2.07. The highest BCUT2D eigenvalue weighted by Gasteiger charge is 2.04. The lowest BCUT2D eigenvalue weighted by atomic mass is 10.1. The molecule has 5 heteroatoms. The largest absolute Gasteiger partial charge is 0.384 e. The maximum Gasteiger partial charge on any atom is 0.137 e. The number of aromatic nitrogens is 3. The number of amidine groups is 1. The second-order valence-electron chi connectivity index (χ2n) is 3.16. The highest BCUT2D eigenvalue weighted by atomic mass is 15.3. The molecule has 0 saturated carbocycles. The van der Waals surface area contributed by atoms with Crippen molar-refractivity contribution >= 4 is 5.84 Å². The van der Waals surface area contributed by atoms with Gasteiger partial charge in [0.2, 0.25) is 0 Å². The highest BCUT2D eigenvalue weighted by molar-refractivity contribution is 5.96. The van der Waals surface area contributed by atoms with Crippen LogP contribution in [0, 0.1) is 5.41 Å². The van der Waals surface area contributed by atoms with E-state index in [1.807, 2.05) is 24.3 Å². The maximum absolute atomic E-state index is 7.44. The molecule has 76 valence electrons. The normalized spacial score (nSPS) is 10.1. The van der Waals surface area contributed by atoms with Crippen LogP contribution in [0.2, 0.25) is 0 Å². The van der Waals surface area contributed by atoms with Crippen LogP contribution in [-0.4, -0.2) is 20.6 Å². The molecule has 0 spiro atoms. The van der Waals surface area contributed by atoms with E-state index in [9.17, 15) is 0 Å². The van der Waals surface area contributed by atoms with Crippen LogP contribution in [0.25, 0.3) is 0 Å². The molecule has 0 atom stereocenters. The SMILES string of the molecule is N=C(N)c1ccccc1Cn1cncn1. The van der Waals surface area contributed by atoms with Crippen molar-refractivity contribution in [2.75, 3.05) is 0 Å². The number of nitrogens with two attached hydrogens (primary N) is 1. The predicted molar refractivity (Wildman–Crippen MR) is 56.6 cm³/mol. The molecule has 0 aliphatic heterocycles. The first-order valence-corrected chi connectivity index (χ1v) is 4.52. The minimum atomic E-state index is 0.0747. The molecule has 0 radical (unpaired) electrons. The van der Waals surface area contributed by atoms with E-state index < -0.39 is 0 Å². The monoisotopic (exact) mass is 201 g/mol. The molecule has 3 N–H and O–H groups in total. The van der Waals surface area contributed by atoms with E-state index >= 15 is 0 Å². The zero-order valence-corrected chi connectivity index (χ0v) is 8.09. The molecule has 2 aromatic rings. The van der Waals surface area contributed by atoms with E-state index in [0.29, 0.717) is 6.54 Å². The van der Waals surface area contributed by atoms with Crippen molar-refractivity contribution in [3.05, 3.63) is 48.0 Å². The van der Waals surface area contributed by atoms with E-state index in [2.05, 4.69) is 10.1 Å². The summed E-state index contributed by atoms with van der Waals surface area (Å²) in [6.07, 6.45) is 3.12. The summed E-state index contributed by atoms with van der Waals surface area (Å²) in [6.45, 7) is 0.579. The molecule has 0 unspecified atom stereocenters. The van der Waals surface area contributed by atoms with Crippen LogP contribution in [0.15, 0.2) is 36.9 Å². The number of hydrogen-bond donors (Lipinski definition) is 2. The third kappa shape index (κ3) is 2.01. The van der Waals surface area contributed by atoms with E-state index in [1.165, 1.54) is 6.33 Å². The molecule has 0 aliphatic rings. The van der Waals surface area contributed by atoms with Gasteiger partial charge in [-0.25, -0.2) is 9.67 Å². The van der Waals surface area contributed by atoms with Gasteiger partial charge in [0.05, 0.1) is 6.54 Å². The van der Waals surface area contributed by atoms with Crippen molar-refractivity contribution in [1.29, 1.82) is 5.41 Å². The van der Waals surface area contributed by atoms with Gasteiger partial charge in [-0.2, -0.15) is 5.10 Å². The molecular formula is C10H11N5. The molecule has 2 rings (SSSR count). The van der Waals surface area contributed by atoms with Gasteiger partial charge in [-0.3, -0.25) is 5.41 Å². The third-order valence-electron chi connectivity index (χ3n) is 2.11. The Kier molecular flexibility index (Phi) is 2.45. The molecule has 1 aromatic heterocycles. The Morgan fingerprint density at radius 1 is 1.40 bits per heavy atom. The van der Waals surface area contributed by atoms with E-state index in [-0.39, 0.29) is 5.84 Å². The van der Waals surface area contributed by atoms with Gasteiger partial charge in [0.15, 0.2) is 0 Å². The fourth-order valence-electron chi connectivity index (χ4n) is 1.41. The molecule has 1 heterocycles. The van der Waals surface area contributed by atoms with Crippen LogP contribution in [0.5, 0.6) is 0 Å². The zero-order valence-electron chi connectivity index (χ0n) is 8.09. The van der Waals surface area contributed by atoms with Crippen LogP contribution in [0.4, 0.5) is 0 Å². The van der Waals surface area contributed by atoms with Gasteiger partial charge in [-0.15, -0.1) is 0 Å². The van der Waals surface area contributed by atoms with Crippen LogP contribution in [0.1, 0.15) is 11.1 Å². The summed E-state index contributed by atoms with van der Waals surface area (Å²) < 4.78 is 1.70. The molecule has 5 nitrogen and oxygen atoms in total. The molecule has 15 heavy (non-hydrogen) atoms. The minimum absolute atomic E-state index is 0.0747. The summed E-state index contributed by atoms with van der Waals surface area (Å²) in [5, 5.41) is 11.4. The van der Waals surface area contributed by atoms with Gasteiger partial charge in [-0.1, -0.05) is 24.3 Å². The first-order valence-electron chi connectivity index (χ1n) is 4.52. The highest BCUT2D eigenvalue weighted by Crippen LogP contribution is 2.08.